The number of hydrogen-bond donors (Lipinski definition) is 1. The van der Waals surface area contributed by atoms with Crippen LogP contribution in [-0.2, 0) is 22.2 Å². The largest absolute Gasteiger partial charge is 0.471 e. The van der Waals surface area contributed by atoms with Crippen molar-refractivity contribution in [1.29, 1.82) is 0 Å². The Balaban J connectivity index is 1.53. The summed E-state index contributed by atoms with van der Waals surface area (Å²) < 4.78 is 53.5. The molecule has 1 N–H and O–H groups in total. The van der Waals surface area contributed by atoms with Gasteiger partial charge in [0, 0.05) is 24.3 Å². The second kappa shape index (κ2) is 8.32. The van der Waals surface area contributed by atoms with Crippen LogP contribution >= 0.6 is 0 Å². The number of rotatable bonds is 3. The van der Waals surface area contributed by atoms with Crippen LogP contribution in [-0.4, -0.2) is 57.9 Å². The first-order valence-electron chi connectivity index (χ1n) is 10.3. The summed E-state index contributed by atoms with van der Waals surface area (Å²) in [6.07, 6.45) is -4.84. The molecule has 1 saturated heterocycles. The maximum atomic E-state index is 13.2. The minimum atomic E-state index is -4.76. The van der Waals surface area contributed by atoms with Crippen LogP contribution in [0.25, 0.3) is 11.4 Å². The van der Waals surface area contributed by atoms with Crippen LogP contribution < -0.4 is 5.32 Å². The molecule has 2 aliphatic heterocycles. The second-order valence-corrected chi connectivity index (χ2v) is 8.91. The lowest BCUT2D eigenvalue weighted by atomic mass is 10.0. The minimum Gasteiger partial charge on any atom is -0.444 e. The first-order valence-corrected chi connectivity index (χ1v) is 10.3. The molecule has 9 nitrogen and oxygen atoms in total. The predicted molar refractivity (Wildman–Crippen MR) is 107 cm³/mol. The van der Waals surface area contributed by atoms with Gasteiger partial charge in [-0.15, -0.1) is 0 Å². The fraction of sp³-hybridized carbons (Fsp3) is 0.524. The number of benzene rings is 1. The Bertz CT molecular complexity index is 1060. The number of alkyl halides is 3. The van der Waals surface area contributed by atoms with Gasteiger partial charge in [-0.1, -0.05) is 17.3 Å². The number of hydrogen-bond acceptors (Lipinski definition) is 7. The Labute approximate surface area is 187 Å². The van der Waals surface area contributed by atoms with Gasteiger partial charge >= 0.3 is 18.2 Å². The molecule has 2 atom stereocenters. The average Bonchev–Trinajstić information content (AvgIpc) is 3.32. The lowest BCUT2D eigenvalue weighted by Gasteiger charge is -2.38. The van der Waals surface area contributed by atoms with Gasteiger partial charge in [0.05, 0.1) is 18.7 Å². The predicted octanol–water partition coefficient (Wildman–Crippen LogP) is 3.39. The summed E-state index contributed by atoms with van der Waals surface area (Å²) in [5.74, 6) is -2.04. The number of aromatic nitrogens is 2. The summed E-state index contributed by atoms with van der Waals surface area (Å²) in [6.45, 7) is 6.20. The third kappa shape index (κ3) is 4.95. The highest BCUT2D eigenvalue weighted by molar-refractivity contribution is 5.99. The van der Waals surface area contributed by atoms with E-state index in [2.05, 4.69) is 20.0 Å². The molecule has 0 unspecified atom stereocenters. The maximum absolute atomic E-state index is 13.2. The second-order valence-electron chi connectivity index (χ2n) is 8.91. The summed E-state index contributed by atoms with van der Waals surface area (Å²) in [6, 6.07) is 3.82. The summed E-state index contributed by atoms with van der Waals surface area (Å²) in [4.78, 5) is 30.4. The molecular weight excluding hydrogens is 445 g/mol. The van der Waals surface area contributed by atoms with Crippen molar-refractivity contribution in [3.05, 3.63) is 35.2 Å². The van der Waals surface area contributed by atoms with Crippen molar-refractivity contribution in [3.63, 3.8) is 0 Å². The molecule has 0 aliphatic carbocycles. The highest BCUT2D eigenvalue weighted by Crippen LogP contribution is 2.33. The number of ether oxygens (including phenoxy) is 2. The Morgan fingerprint density at radius 3 is 2.70 bits per heavy atom. The van der Waals surface area contributed by atoms with E-state index in [4.69, 9.17) is 9.47 Å². The summed E-state index contributed by atoms with van der Waals surface area (Å²) in [5.41, 5.74) is 0.589. The number of amides is 2. The van der Waals surface area contributed by atoms with Crippen LogP contribution in [0.5, 0.6) is 0 Å². The first kappa shape index (κ1) is 23.0. The lowest BCUT2D eigenvalue weighted by Crippen LogP contribution is -2.57. The van der Waals surface area contributed by atoms with Crippen molar-refractivity contribution in [2.75, 3.05) is 13.2 Å². The molecule has 0 saturated carbocycles. The molecule has 4 rings (SSSR count). The quantitative estimate of drug-likeness (QED) is 0.736. The normalized spacial score (nSPS) is 21.2. The van der Waals surface area contributed by atoms with Gasteiger partial charge < -0.3 is 24.2 Å². The van der Waals surface area contributed by atoms with Gasteiger partial charge in [0.25, 0.3) is 5.91 Å². The average molecular weight is 468 g/mol. The fourth-order valence-corrected chi connectivity index (χ4v) is 3.84. The molecule has 0 bridgehead atoms. The van der Waals surface area contributed by atoms with Crippen LogP contribution in [0, 0.1) is 0 Å². The van der Waals surface area contributed by atoms with Gasteiger partial charge in [-0.05, 0) is 38.8 Å². The first-order chi connectivity index (χ1) is 15.4. The van der Waals surface area contributed by atoms with E-state index >= 15 is 0 Å². The van der Waals surface area contributed by atoms with E-state index in [0.29, 0.717) is 24.2 Å². The highest BCUT2D eigenvalue weighted by Gasteiger charge is 2.41. The van der Waals surface area contributed by atoms with E-state index in [-0.39, 0.29) is 36.5 Å². The van der Waals surface area contributed by atoms with E-state index in [9.17, 15) is 22.8 Å². The van der Waals surface area contributed by atoms with Gasteiger partial charge in [0.1, 0.15) is 5.60 Å². The monoisotopic (exact) mass is 468 g/mol. The van der Waals surface area contributed by atoms with Gasteiger partial charge in [-0.25, -0.2) is 4.79 Å². The molecule has 0 spiro atoms. The number of halogens is 3. The Kier molecular flexibility index (Phi) is 5.81. The Hall–Kier alpha value is -3.15. The van der Waals surface area contributed by atoms with E-state index < -0.39 is 29.8 Å². The molecule has 12 heteroatoms. The van der Waals surface area contributed by atoms with Gasteiger partial charge in [-0.3, -0.25) is 4.79 Å². The molecule has 33 heavy (non-hydrogen) atoms. The van der Waals surface area contributed by atoms with Gasteiger partial charge in [-0.2, -0.15) is 18.2 Å². The van der Waals surface area contributed by atoms with Crippen LogP contribution in [0.2, 0.25) is 0 Å². The molecule has 178 valence electrons. The SMILES string of the molecule is CC(C)(C)OC(=O)N[C@@H]1CCOC[C@H]1N1Cc2ccc(-c3noc(C(F)(F)F)n3)cc2C1=O. The molecule has 2 aromatic rings. The fourth-order valence-electron chi connectivity index (χ4n) is 3.84. The Morgan fingerprint density at radius 1 is 1.27 bits per heavy atom. The number of nitrogens with zero attached hydrogens (tertiary/aromatic N) is 3. The van der Waals surface area contributed by atoms with Crippen LogP contribution in [0.4, 0.5) is 18.0 Å². The van der Waals surface area contributed by atoms with Crippen molar-refractivity contribution in [2.24, 2.45) is 0 Å². The van der Waals surface area contributed by atoms with E-state index in [1.165, 1.54) is 12.1 Å². The molecule has 1 aromatic heterocycles. The number of nitrogens with one attached hydrogen (secondary N) is 1. The summed E-state index contributed by atoms with van der Waals surface area (Å²) in [7, 11) is 0. The van der Waals surface area contributed by atoms with Gasteiger partial charge in [0.15, 0.2) is 0 Å². The van der Waals surface area contributed by atoms with Crippen molar-refractivity contribution < 1.29 is 36.8 Å². The zero-order valence-electron chi connectivity index (χ0n) is 18.2. The Morgan fingerprint density at radius 2 is 2.03 bits per heavy atom. The standard InChI is InChI=1S/C21H23F3N4O5/c1-20(2,3)32-19(30)25-14-6-7-31-10-15(14)28-9-12-5-4-11(8-13(12)17(28)29)16-26-18(33-27-16)21(22,23)24/h4-5,8,14-15H,6-7,9-10H2,1-3H3,(H,25,30)/t14-,15-/m1/s1. The van der Waals surface area contributed by atoms with Gasteiger partial charge in [0.2, 0.25) is 5.82 Å². The van der Waals surface area contributed by atoms with E-state index in [1.54, 1.807) is 31.7 Å². The number of fused-ring (bicyclic) bond motifs is 1. The summed E-state index contributed by atoms with van der Waals surface area (Å²) in [5, 5.41) is 6.20. The third-order valence-corrected chi connectivity index (χ3v) is 5.30. The van der Waals surface area contributed by atoms with Crippen molar-refractivity contribution in [1.82, 2.24) is 20.4 Å². The molecule has 0 radical (unpaired) electrons. The lowest BCUT2D eigenvalue weighted by molar-refractivity contribution is -0.159. The van der Waals surface area contributed by atoms with Crippen LogP contribution in [0.3, 0.4) is 0 Å². The molecule has 2 aliphatic rings. The molecule has 3 heterocycles. The summed E-state index contributed by atoms with van der Waals surface area (Å²) >= 11 is 0. The van der Waals surface area contributed by atoms with Crippen molar-refractivity contribution in [2.45, 2.75) is 57.6 Å². The molecular formula is C21H23F3N4O5. The zero-order valence-corrected chi connectivity index (χ0v) is 18.2. The third-order valence-electron chi connectivity index (χ3n) is 5.30. The van der Waals surface area contributed by atoms with E-state index in [0.717, 1.165) is 0 Å². The number of alkyl carbamates (subject to hydrolysis) is 1. The van der Waals surface area contributed by atoms with E-state index in [1.807, 2.05) is 0 Å². The topological polar surface area (TPSA) is 107 Å². The highest BCUT2D eigenvalue weighted by atomic mass is 19.4. The van der Waals surface area contributed by atoms with Crippen molar-refractivity contribution in [3.8, 4) is 11.4 Å². The number of carbonyl (C=O) groups excluding carboxylic acids is 2. The molecule has 1 aromatic carbocycles. The maximum Gasteiger partial charge on any atom is 0.471 e. The van der Waals surface area contributed by atoms with Crippen molar-refractivity contribution >= 4 is 12.0 Å². The zero-order chi connectivity index (χ0) is 24.0. The smallest absolute Gasteiger partial charge is 0.444 e. The molecule has 2 amide bonds. The minimum absolute atomic E-state index is 0.228. The number of carbonyl (C=O) groups is 2. The van der Waals surface area contributed by atoms with Crippen LogP contribution in [0.15, 0.2) is 22.7 Å². The molecule has 1 fully saturated rings. The van der Waals surface area contributed by atoms with Crippen LogP contribution in [0.1, 0.15) is 49.0 Å².